The summed E-state index contributed by atoms with van der Waals surface area (Å²) < 4.78 is 5.80. The molecule has 5 nitrogen and oxygen atoms in total. The fourth-order valence-corrected chi connectivity index (χ4v) is 3.06. The molecule has 2 aromatic rings. The lowest BCUT2D eigenvalue weighted by atomic mass is 10.1. The van der Waals surface area contributed by atoms with Crippen LogP contribution in [0.1, 0.15) is 23.0 Å². The Labute approximate surface area is 133 Å². The largest absolute Gasteiger partial charge is 0.486 e. The number of amides is 1. The molecule has 1 amide bonds. The van der Waals surface area contributed by atoms with E-state index in [-0.39, 0.29) is 5.91 Å². The van der Waals surface area contributed by atoms with Crippen molar-refractivity contribution in [3.8, 4) is 5.75 Å². The van der Waals surface area contributed by atoms with Gasteiger partial charge in [0.05, 0.1) is 16.8 Å². The van der Waals surface area contributed by atoms with Crippen molar-refractivity contribution in [2.24, 2.45) is 0 Å². The van der Waals surface area contributed by atoms with E-state index in [9.17, 15) is 4.79 Å². The first kappa shape index (κ1) is 15.0. The number of nitrogens with one attached hydrogen (secondary N) is 1. The summed E-state index contributed by atoms with van der Waals surface area (Å²) in [6, 6.07) is 7.74. The third-order valence-corrected chi connectivity index (χ3v) is 4.27. The van der Waals surface area contributed by atoms with Crippen LogP contribution in [-0.2, 0) is 6.61 Å². The third-order valence-electron chi connectivity index (χ3n) is 3.63. The van der Waals surface area contributed by atoms with Gasteiger partial charge < -0.3 is 15.0 Å². The molecule has 1 N–H and O–H groups in total. The number of hydrogen-bond donors (Lipinski definition) is 1. The van der Waals surface area contributed by atoms with E-state index in [2.05, 4.69) is 17.2 Å². The number of aromatic nitrogens is 1. The van der Waals surface area contributed by atoms with Crippen LogP contribution in [0.3, 0.4) is 0 Å². The van der Waals surface area contributed by atoms with E-state index in [1.165, 1.54) is 11.3 Å². The summed E-state index contributed by atoms with van der Waals surface area (Å²) in [6.07, 6.45) is 0. The van der Waals surface area contributed by atoms with Crippen molar-refractivity contribution in [2.45, 2.75) is 19.6 Å². The Kier molecular flexibility index (Phi) is 4.70. The molecule has 1 aliphatic rings. The van der Waals surface area contributed by atoms with Crippen molar-refractivity contribution in [1.82, 2.24) is 15.2 Å². The summed E-state index contributed by atoms with van der Waals surface area (Å²) in [5, 5.41) is 5.29. The second-order valence-electron chi connectivity index (χ2n) is 5.37. The van der Waals surface area contributed by atoms with Crippen molar-refractivity contribution in [3.63, 3.8) is 0 Å². The number of nitrogens with zero attached hydrogens (tertiary/aromatic N) is 2. The minimum absolute atomic E-state index is 0.0298. The van der Waals surface area contributed by atoms with Gasteiger partial charge in [0.1, 0.15) is 12.4 Å². The van der Waals surface area contributed by atoms with Crippen LogP contribution in [0.2, 0.25) is 0 Å². The number of para-hydroxylation sites is 1. The average molecular weight is 317 g/mol. The molecule has 1 aliphatic heterocycles. The number of thiazole rings is 1. The van der Waals surface area contributed by atoms with E-state index in [0.29, 0.717) is 24.0 Å². The zero-order valence-electron chi connectivity index (χ0n) is 12.5. The number of ether oxygens (including phenoxy) is 1. The molecule has 3 rings (SSSR count). The predicted octanol–water partition coefficient (Wildman–Crippen LogP) is 2.16. The van der Waals surface area contributed by atoms with Gasteiger partial charge >= 0.3 is 0 Å². The number of hydrogen-bond acceptors (Lipinski definition) is 5. The van der Waals surface area contributed by atoms with Crippen molar-refractivity contribution < 1.29 is 9.53 Å². The second-order valence-corrected chi connectivity index (χ2v) is 6.09. The number of benzene rings is 1. The van der Waals surface area contributed by atoms with Crippen molar-refractivity contribution >= 4 is 17.2 Å². The molecule has 0 radical (unpaired) electrons. The van der Waals surface area contributed by atoms with Crippen LogP contribution in [-0.4, -0.2) is 41.5 Å². The topological polar surface area (TPSA) is 54.5 Å². The van der Waals surface area contributed by atoms with E-state index in [4.69, 9.17) is 4.74 Å². The molecule has 1 aromatic heterocycles. The van der Waals surface area contributed by atoms with Gasteiger partial charge in [-0.2, -0.15) is 0 Å². The van der Waals surface area contributed by atoms with Crippen LogP contribution in [0.25, 0.3) is 0 Å². The van der Waals surface area contributed by atoms with Crippen molar-refractivity contribution in [2.75, 3.05) is 19.6 Å². The minimum Gasteiger partial charge on any atom is -0.486 e. The lowest BCUT2D eigenvalue weighted by Crippen LogP contribution is -2.51. The first-order chi connectivity index (χ1) is 10.7. The summed E-state index contributed by atoms with van der Waals surface area (Å²) in [7, 11) is 0. The van der Waals surface area contributed by atoms with Crippen molar-refractivity contribution in [1.29, 1.82) is 0 Å². The first-order valence-corrected chi connectivity index (χ1v) is 8.30. The summed E-state index contributed by atoms with van der Waals surface area (Å²) >= 11 is 1.53. The van der Waals surface area contributed by atoms with Gasteiger partial charge in [0, 0.05) is 31.1 Å². The van der Waals surface area contributed by atoms with Gasteiger partial charge in [0.25, 0.3) is 5.91 Å². The van der Waals surface area contributed by atoms with E-state index in [1.54, 1.807) is 5.51 Å². The zero-order chi connectivity index (χ0) is 15.4. The molecule has 1 atom stereocenters. The average Bonchev–Trinajstić information content (AvgIpc) is 3.06. The van der Waals surface area contributed by atoms with Gasteiger partial charge in [-0.05, 0) is 19.1 Å². The van der Waals surface area contributed by atoms with Crippen LogP contribution in [0, 0.1) is 0 Å². The molecule has 116 valence electrons. The Bertz CT molecular complexity index is 630. The van der Waals surface area contributed by atoms with Crippen LogP contribution < -0.4 is 10.1 Å². The highest BCUT2D eigenvalue weighted by molar-refractivity contribution is 7.07. The van der Waals surface area contributed by atoms with Crippen molar-refractivity contribution in [3.05, 3.63) is 46.4 Å². The Morgan fingerprint density at radius 1 is 1.50 bits per heavy atom. The molecule has 6 heteroatoms. The normalized spacial score (nSPS) is 18.2. The van der Waals surface area contributed by atoms with Crippen LogP contribution in [0.4, 0.5) is 0 Å². The number of rotatable bonds is 4. The van der Waals surface area contributed by atoms with Crippen LogP contribution >= 0.6 is 11.3 Å². The summed E-state index contributed by atoms with van der Waals surface area (Å²) in [5.41, 5.74) is 3.27. The highest BCUT2D eigenvalue weighted by atomic mass is 32.1. The van der Waals surface area contributed by atoms with E-state index < -0.39 is 0 Å². The molecule has 0 spiro atoms. The molecule has 1 saturated heterocycles. The zero-order valence-corrected chi connectivity index (χ0v) is 13.3. The van der Waals surface area contributed by atoms with Gasteiger partial charge in [0.15, 0.2) is 0 Å². The minimum atomic E-state index is 0.0298. The Morgan fingerprint density at radius 3 is 3.14 bits per heavy atom. The van der Waals surface area contributed by atoms with Gasteiger partial charge in [-0.3, -0.25) is 4.79 Å². The molecular formula is C16H19N3O2S. The second kappa shape index (κ2) is 6.89. The molecular weight excluding hydrogens is 298 g/mol. The molecule has 22 heavy (non-hydrogen) atoms. The lowest BCUT2D eigenvalue weighted by molar-refractivity contribution is 0.0704. The fraction of sp³-hybridized carbons (Fsp3) is 0.375. The molecule has 0 bridgehead atoms. The van der Waals surface area contributed by atoms with Gasteiger partial charge in [-0.15, -0.1) is 11.3 Å². The summed E-state index contributed by atoms with van der Waals surface area (Å²) in [4.78, 5) is 18.8. The smallest absolute Gasteiger partial charge is 0.257 e. The third kappa shape index (κ3) is 3.45. The first-order valence-electron chi connectivity index (χ1n) is 7.35. The predicted molar refractivity (Wildman–Crippen MR) is 86.3 cm³/mol. The van der Waals surface area contributed by atoms with E-state index >= 15 is 0 Å². The van der Waals surface area contributed by atoms with Crippen LogP contribution in [0.5, 0.6) is 5.75 Å². The fourth-order valence-electron chi connectivity index (χ4n) is 2.52. The summed E-state index contributed by atoms with van der Waals surface area (Å²) in [5.74, 6) is 0.647. The van der Waals surface area contributed by atoms with E-state index in [1.807, 2.05) is 34.5 Å². The lowest BCUT2D eigenvalue weighted by Gasteiger charge is -2.32. The maximum Gasteiger partial charge on any atom is 0.257 e. The summed E-state index contributed by atoms with van der Waals surface area (Å²) in [6.45, 7) is 4.74. The van der Waals surface area contributed by atoms with Gasteiger partial charge in [-0.1, -0.05) is 12.1 Å². The number of carbonyl (C=O) groups excluding carboxylic acids is 1. The van der Waals surface area contributed by atoms with Gasteiger partial charge in [0.2, 0.25) is 0 Å². The molecule has 0 unspecified atom stereocenters. The molecule has 0 aliphatic carbocycles. The number of carbonyl (C=O) groups is 1. The molecule has 0 saturated carbocycles. The highest BCUT2D eigenvalue weighted by Gasteiger charge is 2.23. The maximum absolute atomic E-state index is 12.7. The monoisotopic (exact) mass is 317 g/mol. The number of piperazine rings is 1. The molecule has 1 aromatic carbocycles. The highest BCUT2D eigenvalue weighted by Crippen LogP contribution is 2.21. The van der Waals surface area contributed by atoms with Crippen LogP contribution in [0.15, 0.2) is 35.2 Å². The Hall–Kier alpha value is -1.92. The van der Waals surface area contributed by atoms with E-state index in [0.717, 1.165) is 25.3 Å². The quantitative estimate of drug-likeness (QED) is 0.939. The SMILES string of the molecule is C[C@@H]1CN(C(=O)c2ccccc2OCc2cscn2)CCN1. The Balaban J connectivity index is 1.73. The maximum atomic E-state index is 12.7. The Morgan fingerprint density at radius 2 is 2.36 bits per heavy atom. The molecule has 1 fully saturated rings. The standard InChI is InChI=1S/C16H19N3O2S/c1-12-8-19(7-6-17-12)16(20)14-4-2-3-5-15(14)21-9-13-10-22-11-18-13/h2-5,10-12,17H,6-9H2,1H3/t12-/m1/s1. The van der Waals surface area contributed by atoms with Gasteiger partial charge in [-0.25, -0.2) is 4.98 Å². The molecule has 2 heterocycles.